The molecule has 1 aliphatic heterocycles. The number of hydrogen-bond donors (Lipinski definition) is 1. The topological polar surface area (TPSA) is 86.9 Å². The summed E-state index contributed by atoms with van der Waals surface area (Å²) in [6, 6.07) is 16.2. The van der Waals surface area contributed by atoms with Gasteiger partial charge < -0.3 is 15.5 Å². The Hall–Kier alpha value is -2.90. The van der Waals surface area contributed by atoms with Crippen molar-refractivity contribution in [3.05, 3.63) is 65.2 Å². The van der Waals surface area contributed by atoms with E-state index in [0.29, 0.717) is 36.8 Å². The average molecular weight is 443 g/mol. The van der Waals surface area contributed by atoms with Gasteiger partial charge in [0.15, 0.2) is 0 Å². The SMILES string of the molecule is NC(=O)CCN(C(=O)CN1CCCN(C(=O)c2cccc(Cl)c2)CC1)c1ccccc1. The quantitative estimate of drug-likeness (QED) is 0.713. The summed E-state index contributed by atoms with van der Waals surface area (Å²) in [7, 11) is 0. The predicted octanol–water partition coefficient (Wildman–Crippen LogP) is 2.40. The van der Waals surface area contributed by atoms with Gasteiger partial charge >= 0.3 is 0 Å². The molecule has 2 aromatic rings. The van der Waals surface area contributed by atoms with E-state index in [9.17, 15) is 14.4 Å². The number of hydrogen-bond acceptors (Lipinski definition) is 4. The lowest BCUT2D eigenvalue weighted by atomic mass is 10.2. The monoisotopic (exact) mass is 442 g/mol. The number of nitrogens with two attached hydrogens (primary N) is 1. The highest BCUT2D eigenvalue weighted by molar-refractivity contribution is 6.30. The fourth-order valence-electron chi connectivity index (χ4n) is 3.64. The molecule has 8 heteroatoms. The summed E-state index contributed by atoms with van der Waals surface area (Å²) in [4.78, 5) is 42.6. The van der Waals surface area contributed by atoms with Crippen LogP contribution in [-0.4, -0.2) is 66.8 Å². The van der Waals surface area contributed by atoms with Crippen LogP contribution in [0.25, 0.3) is 0 Å². The largest absolute Gasteiger partial charge is 0.370 e. The van der Waals surface area contributed by atoms with Crippen LogP contribution >= 0.6 is 11.6 Å². The maximum atomic E-state index is 13.0. The van der Waals surface area contributed by atoms with Crippen LogP contribution in [0.4, 0.5) is 5.69 Å². The molecular weight excluding hydrogens is 416 g/mol. The van der Waals surface area contributed by atoms with Crippen molar-refractivity contribution < 1.29 is 14.4 Å². The maximum Gasteiger partial charge on any atom is 0.253 e. The van der Waals surface area contributed by atoms with Crippen molar-refractivity contribution in [2.75, 3.05) is 44.2 Å². The van der Waals surface area contributed by atoms with E-state index >= 15 is 0 Å². The second kappa shape index (κ2) is 10.9. The summed E-state index contributed by atoms with van der Waals surface area (Å²) < 4.78 is 0. The molecule has 2 N–H and O–H groups in total. The maximum absolute atomic E-state index is 13.0. The third-order valence-corrected chi connectivity index (χ3v) is 5.49. The predicted molar refractivity (Wildman–Crippen MR) is 121 cm³/mol. The number of primary amides is 1. The summed E-state index contributed by atoms with van der Waals surface area (Å²) in [6.07, 6.45) is 0.870. The summed E-state index contributed by atoms with van der Waals surface area (Å²) in [6.45, 7) is 2.92. The fraction of sp³-hybridized carbons (Fsp3) is 0.348. The van der Waals surface area contributed by atoms with Crippen molar-refractivity contribution in [3.63, 3.8) is 0 Å². The van der Waals surface area contributed by atoms with Gasteiger partial charge in [-0.2, -0.15) is 0 Å². The number of nitrogens with zero attached hydrogens (tertiary/aromatic N) is 3. The van der Waals surface area contributed by atoms with E-state index in [1.165, 1.54) is 0 Å². The van der Waals surface area contributed by atoms with E-state index < -0.39 is 5.91 Å². The minimum atomic E-state index is -0.446. The summed E-state index contributed by atoms with van der Waals surface area (Å²) in [5.41, 5.74) is 6.60. The second-order valence-electron chi connectivity index (χ2n) is 7.53. The molecule has 7 nitrogen and oxygen atoms in total. The highest BCUT2D eigenvalue weighted by Crippen LogP contribution is 2.16. The van der Waals surface area contributed by atoms with Gasteiger partial charge in [0, 0.05) is 55.4 Å². The fourth-order valence-corrected chi connectivity index (χ4v) is 3.83. The lowest BCUT2D eigenvalue weighted by Gasteiger charge is -2.27. The minimum absolute atomic E-state index is 0.0527. The van der Waals surface area contributed by atoms with E-state index in [1.807, 2.05) is 35.2 Å². The Morgan fingerprint density at radius 2 is 1.74 bits per heavy atom. The Balaban J connectivity index is 1.62. The van der Waals surface area contributed by atoms with Crippen LogP contribution < -0.4 is 10.6 Å². The summed E-state index contributed by atoms with van der Waals surface area (Å²) in [5.74, 6) is -0.594. The van der Waals surface area contributed by atoms with Gasteiger partial charge in [-0.3, -0.25) is 19.3 Å². The zero-order valence-corrected chi connectivity index (χ0v) is 18.1. The molecule has 0 saturated carbocycles. The molecule has 0 aliphatic carbocycles. The molecule has 1 heterocycles. The Morgan fingerprint density at radius 3 is 2.45 bits per heavy atom. The summed E-state index contributed by atoms with van der Waals surface area (Å²) in [5, 5.41) is 0.532. The standard InChI is InChI=1S/C23H27ClN4O3/c24-19-7-4-6-18(16-19)23(31)27-12-5-11-26(14-15-27)17-22(30)28(13-10-21(25)29)20-8-2-1-3-9-20/h1-4,6-9,16H,5,10-15,17H2,(H2,25,29). The molecule has 0 aromatic heterocycles. The van der Waals surface area contributed by atoms with Crippen LogP contribution in [0, 0.1) is 0 Å². The molecule has 3 rings (SSSR count). The van der Waals surface area contributed by atoms with Crippen molar-refractivity contribution in [2.24, 2.45) is 5.73 Å². The Labute approximate surface area is 187 Å². The summed E-state index contributed by atoms with van der Waals surface area (Å²) >= 11 is 6.02. The van der Waals surface area contributed by atoms with Crippen LogP contribution in [0.5, 0.6) is 0 Å². The molecule has 0 radical (unpaired) electrons. The smallest absolute Gasteiger partial charge is 0.253 e. The van der Waals surface area contributed by atoms with Crippen molar-refractivity contribution in [1.82, 2.24) is 9.80 Å². The number of halogens is 1. The number of anilines is 1. The third-order valence-electron chi connectivity index (χ3n) is 5.26. The number of rotatable bonds is 7. The Morgan fingerprint density at radius 1 is 0.968 bits per heavy atom. The first-order chi connectivity index (χ1) is 14.9. The average Bonchev–Trinajstić information content (AvgIpc) is 2.99. The molecule has 31 heavy (non-hydrogen) atoms. The molecule has 3 amide bonds. The molecule has 1 fully saturated rings. The molecule has 0 atom stereocenters. The first kappa shape index (κ1) is 22.8. The van der Waals surface area contributed by atoms with Crippen LogP contribution in [0.15, 0.2) is 54.6 Å². The van der Waals surface area contributed by atoms with E-state index in [-0.39, 0.29) is 31.3 Å². The molecule has 164 valence electrons. The van der Waals surface area contributed by atoms with E-state index in [2.05, 4.69) is 0 Å². The van der Waals surface area contributed by atoms with Gasteiger partial charge in [0.1, 0.15) is 0 Å². The van der Waals surface area contributed by atoms with Crippen LogP contribution in [0.2, 0.25) is 5.02 Å². The lowest BCUT2D eigenvalue weighted by molar-refractivity contribution is -0.120. The van der Waals surface area contributed by atoms with Crippen LogP contribution in [-0.2, 0) is 9.59 Å². The first-order valence-corrected chi connectivity index (χ1v) is 10.7. The third kappa shape index (κ3) is 6.54. The number of amides is 3. The molecule has 0 spiro atoms. The van der Waals surface area contributed by atoms with Gasteiger partial charge in [-0.05, 0) is 36.8 Å². The van der Waals surface area contributed by atoms with Crippen molar-refractivity contribution in [3.8, 4) is 0 Å². The molecule has 2 aromatic carbocycles. The number of benzene rings is 2. The van der Waals surface area contributed by atoms with Gasteiger partial charge in [0.05, 0.1) is 6.54 Å². The van der Waals surface area contributed by atoms with Crippen LogP contribution in [0.1, 0.15) is 23.2 Å². The molecule has 1 aliphatic rings. The highest BCUT2D eigenvalue weighted by atomic mass is 35.5. The zero-order valence-electron chi connectivity index (χ0n) is 17.4. The Kier molecular flexibility index (Phi) is 8.03. The van der Waals surface area contributed by atoms with E-state index in [1.54, 1.807) is 34.1 Å². The van der Waals surface area contributed by atoms with Gasteiger partial charge in [-0.1, -0.05) is 35.9 Å². The number of para-hydroxylation sites is 1. The number of carbonyl (C=O) groups excluding carboxylic acids is 3. The van der Waals surface area contributed by atoms with Gasteiger partial charge in [0.25, 0.3) is 5.91 Å². The van der Waals surface area contributed by atoms with Crippen molar-refractivity contribution in [2.45, 2.75) is 12.8 Å². The molecule has 1 saturated heterocycles. The normalized spacial score (nSPS) is 14.7. The van der Waals surface area contributed by atoms with E-state index in [0.717, 1.165) is 12.1 Å². The highest BCUT2D eigenvalue weighted by Gasteiger charge is 2.24. The molecular formula is C23H27ClN4O3. The van der Waals surface area contributed by atoms with E-state index in [4.69, 9.17) is 17.3 Å². The zero-order chi connectivity index (χ0) is 22.2. The van der Waals surface area contributed by atoms with Gasteiger partial charge in [0.2, 0.25) is 11.8 Å². The Bertz CT molecular complexity index is 922. The van der Waals surface area contributed by atoms with Crippen molar-refractivity contribution >= 4 is 35.0 Å². The first-order valence-electron chi connectivity index (χ1n) is 10.3. The molecule has 0 unspecified atom stereocenters. The van der Waals surface area contributed by atoms with Crippen LogP contribution in [0.3, 0.4) is 0 Å². The second-order valence-corrected chi connectivity index (χ2v) is 7.97. The number of carbonyl (C=O) groups is 3. The lowest BCUT2D eigenvalue weighted by Crippen LogP contribution is -2.43. The van der Waals surface area contributed by atoms with Crippen molar-refractivity contribution in [1.29, 1.82) is 0 Å². The minimum Gasteiger partial charge on any atom is -0.370 e. The van der Waals surface area contributed by atoms with Gasteiger partial charge in [-0.25, -0.2) is 0 Å². The molecule has 0 bridgehead atoms. The van der Waals surface area contributed by atoms with Gasteiger partial charge in [-0.15, -0.1) is 0 Å².